The first-order chi connectivity index (χ1) is 9.65. The molecule has 2 aromatic rings. The lowest BCUT2D eigenvalue weighted by atomic mass is 9.92. The first-order valence-electron chi connectivity index (χ1n) is 6.12. The summed E-state index contributed by atoms with van der Waals surface area (Å²) >= 11 is 0. The second-order valence-corrected chi connectivity index (χ2v) is 4.36. The predicted molar refractivity (Wildman–Crippen MR) is 71.4 cm³/mol. The Labute approximate surface area is 116 Å². The van der Waals surface area contributed by atoms with E-state index in [4.69, 9.17) is 4.74 Å². The molecule has 0 saturated heterocycles. The Morgan fingerprint density at radius 1 is 1.20 bits per heavy atom. The summed E-state index contributed by atoms with van der Waals surface area (Å²) in [6, 6.07) is 12.3. The van der Waals surface area contributed by atoms with Gasteiger partial charge in [-0.25, -0.2) is 8.78 Å². The monoisotopic (exact) mass is 273 g/mol. The van der Waals surface area contributed by atoms with E-state index in [1.807, 2.05) is 0 Å². The zero-order valence-electron chi connectivity index (χ0n) is 10.9. The van der Waals surface area contributed by atoms with Crippen LogP contribution in [-0.4, -0.2) is 7.11 Å². The van der Waals surface area contributed by atoms with Crippen LogP contribution in [0.25, 0.3) is 0 Å². The highest BCUT2D eigenvalue weighted by atomic mass is 19.1. The minimum absolute atomic E-state index is 0.170. The van der Waals surface area contributed by atoms with Crippen molar-refractivity contribution in [2.45, 2.75) is 12.3 Å². The smallest absolute Gasteiger partial charge is 0.126 e. The van der Waals surface area contributed by atoms with Gasteiger partial charge in [-0.3, -0.25) is 0 Å². The molecule has 0 spiro atoms. The molecule has 0 heterocycles. The van der Waals surface area contributed by atoms with E-state index in [9.17, 15) is 14.0 Å². The number of rotatable bonds is 4. The maximum absolute atomic E-state index is 13.6. The number of nitriles is 1. The summed E-state index contributed by atoms with van der Waals surface area (Å²) in [6.07, 6.45) is 0.170. The number of benzene rings is 2. The van der Waals surface area contributed by atoms with Crippen LogP contribution < -0.4 is 4.74 Å². The molecule has 1 unspecified atom stereocenters. The van der Waals surface area contributed by atoms with E-state index in [0.717, 1.165) is 0 Å². The molecule has 0 bridgehead atoms. The largest absolute Gasteiger partial charge is 0.496 e. The van der Waals surface area contributed by atoms with Crippen molar-refractivity contribution in [3.05, 3.63) is 65.2 Å². The van der Waals surface area contributed by atoms with Crippen LogP contribution >= 0.6 is 0 Å². The molecule has 0 aliphatic carbocycles. The van der Waals surface area contributed by atoms with E-state index in [2.05, 4.69) is 6.07 Å². The molecular weight excluding hydrogens is 260 g/mol. The summed E-state index contributed by atoms with van der Waals surface area (Å²) in [5.74, 6) is -1.07. The zero-order chi connectivity index (χ0) is 14.5. The van der Waals surface area contributed by atoms with E-state index >= 15 is 0 Å². The average Bonchev–Trinajstić information content (AvgIpc) is 2.46. The molecule has 2 aromatic carbocycles. The molecule has 0 radical (unpaired) electrons. The number of hydrogen-bond acceptors (Lipinski definition) is 2. The Balaban J connectivity index is 2.37. The van der Waals surface area contributed by atoms with E-state index < -0.39 is 11.7 Å². The minimum atomic E-state index is -0.669. The molecule has 0 saturated carbocycles. The molecule has 0 aliphatic heterocycles. The van der Waals surface area contributed by atoms with Crippen molar-refractivity contribution >= 4 is 0 Å². The first-order valence-corrected chi connectivity index (χ1v) is 6.12. The molecule has 2 nitrogen and oxygen atoms in total. The standard InChI is InChI=1S/C16H13F2NO/c1-20-16-7-6-13(17)9-14(16)12(10-19)8-11-4-2-3-5-15(11)18/h2-7,9,12H,8H2,1H3. The maximum atomic E-state index is 13.6. The van der Waals surface area contributed by atoms with Crippen LogP contribution in [0.3, 0.4) is 0 Å². The van der Waals surface area contributed by atoms with Crippen molar-refractivity contribution in [1.29, 1.82) is 5.26 Å². The highest BCUT2D eigenvalue weighted by molar-refractivity contribution is 5.41. The summed E-state index contributed by atoms with van der Waals surface area (Å²) < 4.78 is 32.1. The first kappa shape index (κ1) is 14.0. The van der Waals surface area contributed by atoms with E-state index in [-0.39, 0.29) is 12.2 Å². The highest BCUT2D eigenvalue weighted by Gasteiger charge is 2.18. The minimum Gasteiger partial charge on any atom is -0.496 e. The molecule has 0 fully saturated rings. The Kier molecular flexibility index (Phi) is 4.31. The van der Waals surface area contributed by atoms with E-state index in [0.29, 0.717) is 16.9 Å². The zero-order valence-corrected chi connectivity index (χ0v) is 10.9. The molecule has 102 valence electrons. The lowest BCUT2D eigenvalue weighted by Gasteiger charge is -2.14. The molecule has 0 aromatic heterocycles. The van der Waals surface area contributed by atoms with Crippen LogP contribution in [0, 0.1) is 23.0 Å². The number of nitrogens with zero attached hydrogens (tertiary/aromatic N) is 1. The van der Waals surface area contributed by atoms with Crippen LogP contribution in [0.4, 0.5) is 8.78 Å². The molecular formula is C16H13F2NO. The van der Waals surface area contributed by atoms with Gasteiger partial charge in [0.15, 0.2) is 0 Å². The second-order valence-electron chi connectivity index (χ2n) is 4.36. The van der Waals surface area contributed by atoms with E-state index in [1.54, 1.807) is 18.2 Å². The number of ether oxygens (including phenoxy) is 1. The molecule has 0 amide bonds. The summed E-state index contributed by atoms with van der Waals surface area (Å²) in [7, 11) is 1.45. The number of halogens is 2. The van der Waals surface area contributed by atoms with Gasteiger partial charge in [0.1, 0.15) is 17.4 Å². The second kappa shape index (κ2) is 6.16. The Hall–Kier alpha value is -2.41. The van der Waals surface area contributed by atoms with Gasteiger partial charge in [-0.05, 0) is 36.2 Å². The fraction of sp³-hybridized carbons (Fsp3) is 0.188. The van der Waals surface area contributed by atoms with E-state index in [1.165, 1.54) is 31.4 Å². The van der Waals surface area contributed by atoms with Crippen molar-refractivity contribution in [2.24, 2.45) is 0 Å². The number of methoxy groups -OCH3 is 1. The van der Waals surface area contributed by atoms with Gasteiger partial charge in [0.05, 0.1) is 19.1 Å². The van der Waals surface area contributed by atoms with Crippen molar-refractivity contribution in [3.63, 3.8) is 0 Å². The van der Waals surface area contributed by atoms with Gasteiger partial charge in [-0.1, -0.05) is 18.2 Å². The van der Waals surface area contributed by atoms with Gasteiger partial charge in [0.2, 0.25) is 0 Å². The van der Waals surface area contributed by atoms with Crippen LogP contribution in [0.2, 0.25) is 0 Å². The van der Waals surface area contributed by atoms with Gasteiger partial charge < -0.3 is 4.74 Å². The van der Waals surface area contributed by atoms with Crippen molar-refractivity contribution in [3.8, 4) is 11.8 Å². The van der Waals surface area contributed by atoms with Crippen LogP contribution in [0.5, 0.6) is 5.75 Å². The molecule has 0 N–H and O–H groups in total. The number of hydrogen-bond donors (Lipinski definition) is 0. The maximum Gasteiger partial charge on any atom is 0.126 e. The fourth-order valence-electron chi connectivity index (χ4n) is 2.09. The SMILES string of the molecule is COc1ccc(F)cc1C(C#N)Cc1ccccc1F. The van der Waals surface area contributed by atoms with Gasteiger partial charge in [-0.15, -0.1) is 0 Å². The Morgan fingerprint density at radius 3 is 2.60 bits per heavy atom. The highest BCUT2D eigenvalue weighted by Crippen LogP contribution is 2.30. The Bertz CT molecular complexity index is 649. The third-order valence-electron chi connectivity index (χ3n) is 3.10. The van der Waals surface area contributed by atoms with Crippen LogP contribution in [-0.2, 0) is 6.42 Å². The van der Waals surface area contributed by atoms with Crippen LogP contribution in [0.1, 0.15) is 17.0 Å². The molecule has 2 rings (SSSR count). The lowest BCUT2D eigenvalue weighted by molar-refractivity contribution is 0.406. The normalized spacial score (nSPS) is 11.7. The quantitative estimate of drug-likeness (QED) is 0.848. The Morgan fingerprint density at radius 2 is 1.95 bits per heavy atom. The predicted octanol–water partition coefficient (Wildman–Crippen LogP) is 3.82. The van der Waals surface area contributed by atoms with Crippen molar-refractivity contribution in [2.75, 3.05) is 7.11 Å². The third-order valence-corrected chi connectivity index (χ3v) is 3.10. The molecule has 4 heteroatoms. The van der Waals surface area contributed by atoms with Gasteiger partial charge in [0, 0.05) is 5.56 Å². The van der Waals surface area contributed by atoms with Gasteiger partial charge in [-0.2, -0.15) is 5.26 Å². The summed E-state index contributed by atoms with van der Waals surface area (Å²) in [6.45, 7) is 0. The van der Waals surface area contributed by atoms with Crippen molar-refractivity contribution < 1.29 is 13.5 Å². The van der Waals surface area contributed by atoms with Crippen molar-refractivity contribution in [1.82, 2.24) is 0 Å². The third kappa shape index (κ3) is 2.94. The van der Waals surface area contributed by atoms with Gasteiger partial charge in [0.25, 0.3) is 0 Å². The van der Waals surface area contributed by atoms with Crippen LogP contribution in [0.15, 0.2) is 42.5 Å². The lowest BCUT2D eigenvalue weighted by Crippen LogP contribution is -2.05. The average molecular weight is 273 g/mol. The fourth-order valence-corrected chi connectivity index (χ4v) is 2.09. The summed E-state index contributed by atoms with van der Waals surface area (Å²) in [5, 5.41) is 9.29. The molecule has 1 atom stereocenters. The molecule has 20 heavy (non-hydrogen) atoms. The van der Waals surface area contributed by atoms with Gasteiger partial charge >= 0.3 is 0 Å². The molecule has 0 aliphatic rings. The summed E-state index contributed by atoms with van der Waals surface area (Å²) in [5.41, 5.74) is 0.851. The summed E-state index contributed by atoms with van der Waals surface area (Å²) in [4.78, 5) is 0. The topological polar surface area (TPSA) is 33.0 Å².